The van der Waals surface area contributed by atoms with Gasteiger partial charge in [-0.1, -0.05) is 72.4 Å². The summed E-state index contributed by atoms with van der Waals surface area (Å²) in [5, 5.41) is 11.9. The summed E-state index contributed by atoms with van der Waals surface area (Å²) in [6.45, 7) is 1.79. The molecule has 1 aliphatic rings. The van der Waals surface area contributed by atoms with Gasteiger partial charge in [-0.25, -0.2) is 4.98 Å². The summed E-state index contributed by atoms with van der Waals surface area (Å²) >= 11 is 1.42. The van der Waals surface area contributed by atoms with Crippen molar-refractivity contribution in [2.45, 2.75) is 23.1 Å². The van der Waals surface area contributed by atoms with Crippen molar-refractivity contribution < 1.29 is 5.11 Å². The number of hydrogen-bond acceptors (Lipinski definition) is 4. The smallest absolute Gasteiger partial charge is 0.257 e. The van der Waals surface area contributed by atoms with E-state index in [-0.39, 0.29) is 10.8 Å². The number of rotatable bonds is 2. The predicted molar refractivity (Wildman–Crippen MR) is 94.0 cm³/mol. The molecule has 4 rings (SSSR count). The van der Waals surface area contributed by atoms with Crippen LogP contribution in [-0.4, -0.2) is 14.7 Å². The molecule has 0 saturated heterocycles. The Labute approximate surface area is 143 Å². The lowest BCUT2D eigenvalue weighted by atomic mass is 9.94. The van der Waals surface area contributed by atoms with Crippen molar-refractivity contribution in [1.29, 1.82) is 0 Å². The minimum absolute atomic E-state index is 0.241. The van der Waals surface area contributed by atoms with Crippen molar-refractivity contribution in [3.63, 3.8) is 0 Å². The van der Waals surface area contributed by atoms with Crippen molar-refractivity contribution in [1.82, 2.24) is 9.55 Å². The first kappa shape index (κ1) is 15.2. The van der Waals surface area contributed by atoms with Crippen molar-refractivity contribution in [3.05, 3.63) is 93.9 Å². The molecule has 1 N–H and O–H groups in total. The quantitative estimate of drug-likeness (QED) is 0.731. The highest BCUT2D eigenvalue weighted by atomic mass is 32.2. The minimum atomic E-state index is -1.47. The molecule has 0 amide bonds. The van der Waals surface area contributed by atoms with Gasteiger partial charge in [0.05, 0.1) is 5.25 Å². The van der Waals surface area contributed by atoms with E-state index in [0.29, 0.717) is 16.4 Å². The van der Waals surface area contributed by atoms with Crippen LogP contribution in [0.2, 0.25) is 0 Å². The van der Waals surface area contributed by atoms with Crippen LogP contribution in [0.5, 0.6) is 0 Å². The van der Waals surface area contributed by atoms with Crippen LogP contribution in [0.15, 0.2) is 76.7 Å². The number of thioether (sulfide) groups is 1. The molecule has 24 heavy (non-hydrogen) atoms. The van der Waals surface area contributed by atoms with Crippen LogP contribution >= 0.6 is 11.8 Å². The second-order valence-corrected chi connectivity index (χ2v) is 6.93. The summed E-state index contributed by atoms with van der Waals surface area (Å²) in [6, 6.07) is 20.5. The van der Waals surface area contributed by atoms with Gasteiger partial charge in [0.15, 0.2) is 10.9 Å². The molecule has 4 nitrogen and oxygen atoms in total. The average molecular weight is 336 g/mol. The first-order valence-corrected chi connectivity index (χ1v) is 8.59. The van der Waals surface area contributed by atoms with E-state index in [1.807, 2.05) is 60.7 Å². The van der Waals surface area contributed by atoms with E-state index in [1.54, 1.807) is 6.92 Å². The van der Waals surface area contributed by atoms with Gasteiger partial charge in [0.1, 0.15) is 0 Å². The maximum atomic E-state index is 12.6. The number of aromatic nitrogens is 2. The molecular formula is C19H16N2O2S. The fraction of sp³-hybridized carbons (Fsp3) is 0.158. The van der Waals surface area contributed by atoms with E-state index in [9.17, 15) is 9.90 Å². The van der Waals surface area contributed by atoms with Gasteiger partial charge in [-0.15, -0.1) is 0 Å². The Morgan fingerprint density at radius 3 is 2.38 bits per heavy atom. The molecule has 2 aromatic carbocycles. The van der Waals surface area contributed by atoms with E-state index in [1.165, 1.54) is 22.4 Å². The van der Waals surface area contributed by atoms with Gasteiger partial charge in [0.2, 0.25) is 0 Å². The van der Waals surface area contributed by atoms with Gasteiger partial charge in [-0.3, -0.25) is 9.36 Å². The molecular weight excluding hydrogens is 320 g/mol. The Hall–Kier alpha value is -2.37. The molecule has 120 valence electrons. The molecule has 1 aliphatic heterocycles. The third-order valence-corrected chi connectivity index (χ3v) is 5.57. The van der Waals surface area contributed by atoms with Crippen LogP contribution in [0.25, 0.3) is 0 Å². The van der Waals surface area contributed by atoms with Crippen molar-refractivity contribution in [2.75, 3.05) is 0 Å². The Kier molecular flexibility index (Phi) is 3.55. The van der Waals surface area contributed by atoms with Crippen LogP contribution in [0, 0.1) is 6.92 Å². The van der Waals surface area contributed by atoms with Gasteiger partial charge in [-0.2, -0.15) is 0 Å². The Morgan fingerprint density at radius 1 is 1.08 bits per heavy atom. The summed E-state index contributed by atoms with van der Waals surface area (Å²) in [5.74, 6) is 0. The lowest BCUT2D eigenvalue weighted by Crippen LogP contribution is -2.42. The molecule has 3 aromatic rings. The van der Waals surface area contributed by atoms with E-state index >= 15 is 0 Å². The molecule has 0 bridgehead atoms. The number of benzene rings is 2. The lowest BCUT2D eigenvalue weighted by molar-refractivity contribution is -0.00250. The highest BCUT2D eigenvalue weighted by Gasteiger charge is 2.49. The molecule has 0 saturated carbocycles. The third-order valence-electron chi connectivity index (χ3n) is 4.25. The maximum Gasteiger partial charge on any atom is 0.257 e. The van der Waals surface area contributed by atoms with Crippen LogP contribution in [0.1, 0.15) is 22.1 Å². The largest absolute Gasteiger partial charge is 0.365 e. The zero-order chi connectivity index (χ0) is 16.7. The van der Waals surface area contributed by atoms with E-state index < -0.39 is 5.72 Å². The minimum Gasteiger partial charge on any atom is -0.365 e. The van der Waals surface area contributed by atoms with E-state index in [4.69, 9.17) is 0 Å². The van der Waals surface area contributed by atoms with Crippen molar-refractivity contribution in [3.8, 4) is 0 Å². The zero-order valence-electron chi connectivity index (χ0n) is 13.1. The van der Waals surface area contributed by atoms with E-state index in [2.05, 4.69) is 4.98 Å². The molecule has 0 spiro atoms. The number of fused-ring (bicyclic) bond motifs is 1. The summed E-state index contributed by atoms with van der Waals surface area (Å²) in [5.41, 5.74) is 0.576. The van der Waals surface area contributed by atoms with Gasteiger partial charge >= 0.3 is 0 Å². The summed E-state index contributed by atoms with van der Waals surface area (Å²) in [6.07, 6.45) is 0. The topological polar surface area (TPSA) is 55.1 Å². The summed E-state index contributed by atoms with van der Waals surface area (Å²) in [4.78, 5) is 17.1. The third kappa shape index (κ3) is 2.20. The number of hydrogen-bond donors (Lipinski definition) is 1. The molecule has 0 aliphatic carbocycles. The Bertz CT molecular complexity index is 941. The van der Waals surface area contributed by atoms with Gasteiger partial charge in [0, 0.05) is 17.3 Å². The predicted octanol–water partition coefficient (Wildman–Crippen LogP) is 3.09. The standard InChI is InChI=1S/C19H16N2O2S/c1-13-12-16(22)21-18(20-13)24-17(14-8-4-2-5-9-14)19(21,23)15-10-6-3-7-11-15/h2-12,17,23H,1H3. The van der Waals surface area contributed by atoms with Crippen molar-refractivity contribution >= 4 is 11.8 Å². The highest BCUT2D eigenvalue weighted by molar-refractivity contribution is 7.99. The molecule has 0 radical (unpaired) electrons. The second-order valence-electron chi connectivity index (χ2n) is 5.85. The zero-order valence-corrected chi connectivity index (χ0v) is 13.9. The fourth-order valence-corrected chi connectivity index (χ4v) is 4.60. The molecule has 2 unspecified atom stereocenters. The fourth-order valence-electron chi connectivity index (χ4n) is 3.16. The van der Waals surface area contributed by atoms with Crippen LogP contribution in [0.3, 0.4) is 0 Å². The van der Waals surface area contributed by atoms with Crippen LogP contribution in [-0.2, 0) is 5.72 Å². The van der Waals surface area contributed by atoms with Gasteiger partial charge in [0.25, 0.3) is 5.56 Å². The molecule has 1 aromatic heterocycles. The van der Waals surface area contributed by atoms with Crippen LogP contribution in [0.4, 0.5) is 0 Å². The number of nitrogens with zero attached hydrogens (tertiary/aromatic N) is 2. The Morgan fingerprint density at radius 2 is 1.71 bits per heavy atom. The highest BCUT2D eigenvalue weighted by Crippen LogP contribution is 2.53. The van der Waals surface area contributed by atoms with Crippen LogP contribution < -0.4 is 5.56 Å². The normalized spacial score (nSPS) is 22.3. The molecule has 0 fully saturated rings. The molecule has 2 heterocycles. The molecule has 5 heteroatoms. The Balaban J connectivity index is 2.00. The SMILES string of the molecule is Cc1cc(=O)n2c(n1)SC(c1ccccc1)C2(O)c1ccccc1. The summed E-state index contributed by atoms with van der Waals surface area (Å²) in [7, 11) is 0. The first-order chi connectivity index (χ1) is 11.6. The second kappa shape index (κ2) is 5.61. The monoisotopic (exact) mass is 336 g/mol. The van der Waals surface area contributed by atoms with Crippen molar-refractivity contribution in [2.24, 2.45) is 0 Å². The average Bonchev–Trinajstić information content (AvgIpc) is 2.90. The molecule has 2 atom stereocenters. The van der Waals surface area contributed by atoms with Gasteiger partial charge < -0.3 is 5.11 Å². The first-order valence-electron chi connectivity index (χ1n) is 7.71. The number of aliphatic hydroxyl groups is 1. The lowest BCUT2D eigenvalue weighted by Gasteiger charge is -2.31. The number of aryl methyl sites for hydroxylation is 1. The van der Waals surface area contributed by atoms with Gasteiger partial charge in [-0.05, 0) is 12.5 Å². The summed E-state index contributed by atoms with van der Waals surface area (Å²) < 4.78 is 1.41. The maximum absolute atomic E-state index is 12.6. The van der Waals surface area contributed by atoms with E-state index in [0.717, 1.165) is 5.56 Å².